The first-order valence-electron chi connectivity index (χ1n) is 3.32. The summed E-state index contributed by atoms with van der Waals surface area (Å²) in [4.78, 5) is 0.730. The molecule has 0 spiro atoms. The van der Waals surface area contributed by atoms with Crippen molar-refractivity contribution in [2.24, 2.45) is 0 Å². The number of thiol groups is 1. The molecule has 0 unspecified atom stereocenters. The molecule has 0 nitrogen and oxygen atoms in total. The first-order valence-corrected chi connectivity index (χ1v) is 4.52. The molecule has 3 heteroatoms. The first kappa shape index (κ1) is 9.24. The van der Waals surface area contributed by atoms with Gasteiger partial charge in [-0.3, -0.25) is 0 Å². The fourth-order valence-corrected chi connectivity index (χ4v) is 1.60. The molecule has 0 bridgehead atoms. The van der Waals surface area contributed by atoms with Gasteiger partial charge in [-0.25, -0.2) is 0 Å². The van der Waals surface area contributed by atoms with Gasteiger partial charge in [-0.05, 0) is 24.1 Å². The molecule has 0 aliphatic heterocycles. The van der Waals surface area contributed by atoms with Gasteiger partial charge in [0.1, 0.15) is 0 Å². The van der Waals surface area contributed by atoms with Crippen molar-refractivity contribution in [1.29, 1.82) is 0 Å². The van der Waals surface area contributed by atoms with Gasteiger partial charge in [0.25, 0.3) is 0 Å². The molecule has 0 atom stereocenters. The fraction of sp³-hybridized carbons (Fsp3) is 0.250. The summed E-state index contributed by atoms with van der Waals surface area (Å²) in [6.07, 6.45) is 0.895. The third-order valence-corrected chi connectivity index (χ3v) is 2.66. The molecule has 0 fully saturated rings. The van der Waals surface area contributed by atoms with Crippen molar-refractivity contribution in [1.82, 2.24) is 0 Å². The molecule has 11 heavy (non-hydrogen) atoms. The summed E-state index contributed by atoms with van der Waals surface area (Å²) >= 11 is 15.9. The Bertz CT molecular complexity index is 271. The lowest BCUT2D eigenvalue weighted by atomic mass is 10.2. The van der Waals surface area contributed by atoms with Gasteiger partial charge in [0.05, 0.1) is 5.02 Å². The van der Waals surface area contributed by atoms with Gasteiger partial charge in [0, 0.05) is 9.92 Å². The van der Waals surface area contributed by atoms with Crippen molar-refractivity contribution >= 4 is 35.8 Å². The SMILES string of the molecule is CCc1cc(Cl)c(S)cc1Cl. The van der Waals surface area contributed by atoms with Crippen LogP contribution in [0.2, 0.25) is 10.0 Å². The van der Waals surface area contributed by atoms with E-state index in [1.165, 1.54) is 0 Å². The molecular formula is C8H8Cl2S. The lowest BCUT2D eigenvalue weighted by Gasteiger charge is -2.03. The summed E-state index contributed by atoms with van der Waals surface area (Å²) in [6, 6.07) is 3.62. The maximum Gasteiger partial charge on any atom is 0.0543 e. The van der Waals surface area contributed by atoms with Gasteiger partial charge in [-0.1, -0.05) is 30.1 Å². The standard InChI is InChI=1S/C8H8Cl2S/c1-2-5-3-7(10)8(11)4-6(5)9/h3-4,11H,2H2,1H3. The molecule has 0 aromatic heterocycles. The topological polar surface area (TPSA) is 0 Å². The number of hydrogen-bond acceptors (Lipinski definition) is 1. The van der Waals surface area contributed by atoms with Crippen LogP contribution in [0.25, 0.3) is 0 Å². The highest BCUT2D eigenvalue weighted by molar-refractivity contribution is 7.80. The zero-order valence-corrected chi connectivity index (χ0v) is 8.47. The minimum Gasteiger partial charge on any atom is -0.142 e. The van der Waals surface area contributed by atoms with Gasteiger partial charge in [-0.2, -0.15) is 0 Å². The smallest absolute Gasteiger partial charge is 0.0543 e. The molecule has 1 aromatic carbocycles. The Balaban J connectivity index is 3.21. The Morgan fingerprint density at radius 1 is 1.27 bits per heavy atom. The summed E-state index contributed by atoms with van der Waals surface area (Å²) in [5, 5.41) is 1.40. The average molecular weight is 207 g/mol. The van der Waals surface area contributed by atoms with E-state index < -0.39 is 0 Å². The van der Waals surface area contributed by atoms with Crippen LogP contribution in [0.5, 0.6) is 0 Å². The summed E-state index contributed by atoms with van der Waals surface area (Å²) in [5.41, 5.74) is 1.06. The second kappa shape index (κ2) is 3.70. The van der Waals surface area contributed by atoms with Crippen molar-refractivity contribution in [3.8, 4) is 0 Å². The molecule has 0 aliphatic rings. The molecule has 1 rings (SSSR count). The molecule has 0 heterocycles. The third-order valence-electron chi connectivity index (χ3n) is 1.50. The Labute approximate surface area is 81.9 Å². The number of benzene rings is 1. The largest absolute Gasteiger partial charge is 0.142 e. The van der Waals surface area contributed by atoms with Gasteiger partial charge in [-0.15, -0.1) is 12.6 Å². The quantitative estimate of drug-likeness (QED) is 0.664. The lowest BCUT2D eigenvalue weighted by molar-refractivity contribution is 1.13. The predicted octanol–water partition coefficient (Wildman–Crippen LogP) is 3.84. The minimum absolute atomic E-state index is 0.662. The Morgan fingerprint density at radius 3 is 2.45 bits per heavy atom. The van der Waals surface area contributed by atoms with Crippen LogP contribution in [0.4, 0.5) is 0 Å². The van der Waals surface area contributed by atoms with Crippen LogP contribution in [0.15, 0.2) is 17.0 Å². The second-order valence-corrected chi connectivity index (χ2v) is 3.54. The summed E-state index contributed by atoms with van der Waals surface area (Å²) in [5.74, 6) is 0. The maximum atomic E-state index is 5.89. The van der Waals surface area contributed by atoms with Crippen molar-refractivity contribution in [3.63, 3.8) is 0 Å². The molecule has 0 N–H and O–H groups in total. The Kier molecular flexibility index (Phi) is 3.11. The summed E-state index contributed by atoms with van der Waals surface area (Å²) < 4.78 is 0. The van der Waals surface area contributed by atoms with Crippen molar-refractivity contribution in [3.05, 3.63) is 27.7 Å². The second-order valence-electron chi connectivity index (χ2n) is 2.25. The number of hydrogen-bond donors (Lipinski definition) is 1. The highest BCUT2D eigenvalue weighted by Crippen LogP contribution is 2.27. The van der Waals surface area contributed by atoms with Crippen molar-refractivity contribution < 1.29 is 0 Å². The van der Waals surface area contributed by atoms with E-state index in [0.29, 0.717) is 5.02 Å². The molecule has 0 saturated carbocycles. The third kappa shape index (κ3) is 2.05. The highest BCUT2D eigenvalue weighted by Gasteiger charge is 2.02. The predicted molar refractivity (Wildman–Crippen MR) is 53.1 cm³/mol. The first-order chi connectivity index (χ1) is 5.15. The fourth-order valence-electron chi connectivity index (χ4n) is 0.848. The van der Waals surface area contributed by atoms with E-state index in [4.69, 9.17) is 23.2 Å². The van der Waals surface area contributed by atoms with Crippen LogP contribution >= 0.6 is 35.8 Å². The van der Waals surface area contributed by atoms with Crippen LogP contribution < -0.4 is 0 Å². The highest BCUT2D eigenvalue weighted by atomic mass is 35.5. The average Bonchev–Trinajstić information content (AvgIpc) is 1.97. The van der Waals surface area contributed by atoms with Gasteiger partial charge < -0.3 is 0 Å². The van der Waals surface area contributed by atoms with Crippen LogP contribution in [-0.2, 0) is 6.42 Å². The van der Waals surface area contributed by atoms with E-state index in [-0.39, 0.29) is 0 Å². The molecule has 0 radical (unpaired) electrons. The van der Waals surface area contributed by atoms with E-state index in [0.717, 1.165) is 21.9 Å². The van der Waals surface area contributed by atoms with Crippen LogP contribution in [0, 0.1) is 0 Å². The Morgan fingerprint density at radius 2 is 1.91 bits per heavy atom. The number of halogens is 2. The van der Waals surface area contributed by atoms with E-state index in [2.05, 4.69) is 12.6 Å². The van der Waals surface area contributed by atoms with E-state index in [1.54, 1.807) is 6.07 Å². The zero-order chi connectivity index (χ0) is 8.43. The summed E-state index contributed by atoms with van der Waals surface area (Å²) in [7, 11) is 0. The van der Waals surface area contributed by atoms with E-state index >= 15 is 0 Å². The van der Waals surface area contributed by atoms with Crippen molar-refractivity contribution in [2.75, 3.05) is 0 Å². The number of rotatable bonds is 1. The normalized spacial score (nSPS) is 10.2. The van der Waals surface area contributed by atoms with Gasteiger partial charge in [0.15, 0.2) is 0 Å². The molecule has 0 aliphatic carbocycles. The van der Waals surface area contributed by atoms with Crippen LogP contribution in [0.3, 0.4) is 0 Å². The number of aryl methyl sites for hydroxylation is 1. The van der Waals surface area contributed by atoms with Crippen LogP contribution in [0.1, 0.15) is 12.5 Å². The monoisotopic (exact) mass is 206 g/mol. The minimum atomic E-state index is 0.662. The Hall–Kier alpha value is 0.150. The van der Waals surface area contributed by atoms with Gasteiger partial charge >= 0.3 is 0 Å². The van der Waals surface area contributed by atoms with Gasteiger partial charge in [0.2, 0.25) is 0 Å². The van der Waals surface area contributed by atoms with E-state index in [9.17, 15) is 0 Å². The summed E-state index contributed by atoms with van der Waals surface area (Å²) in [6.45, 7) is 2.04. The van der Waals surface area contributed by atoms with E-state index in [1.807, 2.05) is 13.0 Å². The molecule has 0 saturated heterocycles. The maximum absolute atomic E-state index is 5.89. The van der Waals surface area contributed by atoms with Crippen LogP contribution in [-0.4, -0.2) is 0 Å². The molecular weight excluding hydrogens is 199 g/mol. The lowest BCUT2D eigenvalue weighted by Crippen LogP contribution is -1.82. The van der Waals surface area contributed by atoms with Crippen molar-refractivity contribution in [2.45, 2.75) is 18.2 Å². The molecule has 60 valence electrons. The molecule has 0 amide bonds. The molecule has 1 aromatic rings. The zero-order valence-electron chi connectivity index (χ0n) is 6.06.